The highest BCUT2D eigenvalue weighted by Crippen LogP contribution is 2.28. The fourth-order valence-electron chi connectivity index (χ4n) is 2.97. The molecule has 5 nitrogen and oxygen atoms in total. The lowest BCUT2D eigenvalue weighted by Crippen LogP contribution is -2.42. The highest BCUT2D eigenvalue weighted by molar-refractivity contribution is 5.34. The summed E-state index contributed by atoms with van der Waals surface area (Å²) in [5.41, 5.74) is 0.347. The van der Waals surface area contributed by atoms with Gasteiger partial charge in [0.25, 0.3) is 5.69 Å². The van der Waals surface area contributed by atoms with E-state index in [2.05, 4.69) is 10.2 Å². The van der Waals surface area contributed by atoms with Gasteiger partial charge in [-0.2, -0.15) is 0 Å². The summed E-state index contributed by atoms with van der Waals surface area (Å²) < 4.78 is 13.9. The van der Waals surface area contributed by atoms with E-state index < -0.39 is 10.7 Å². The largest absolute Gasteiger partial charge is 0.314 e. The summed E-state index contributed by atoms with van der Waals surface area (Å²) in [5.74, 6) is 0.412. The monoisotopic (exact) mass is 307 g/mol. The molecular formula is C16H22FN3O2. The van der Waals surface area contributed by atoms with Crippen LogP contribution in [-0.4, -0.2) is 35.5 Å². The van der Waals surface area contributed by atoms with Gasteiger partial charge in [0.15, 0.2) is 0 Å². The van der Waals surface area contributed by atoms with Gasteiger partial charge >= 0.3 is 0 Å². The molecule has 0 bridgehead atoms. The SMILES string of the molecule is O=[N+]([O-])c1ccc(CN2CCC(NCC3CC3)CC2)c(F)c1. The van der Waals surface area contributed by atoms with Crippen molar-refractivity contribution in [1.82, 2.24) is 10.2 Å². The highest BCUT2D eigenvalue weighted by atomic mass is 19.1. The number of non-ortho nitro benzene ring substituents is 1. The molecule has 22 heavy (non-hydrogen) atoms. The number of piperidine rings is 1. The molecule has 1 aliphatic carbocycles. The molecule has 1 aromatic rings. The quantitative estimate of drug-likeness (QED) is 0.648. The van der Waals surface area contributed by atoms with Crippen LogP contribution in [0.15, 0.2) is 18.2 Å². The van der Waals surface area contributed by atoms with Crippen molar-refractivity contribution in [2.45, 2.75) is 38.3 Å². The Bertz CT molecular complexity index is 540. The number of hydrogen-bond acceptors (Lipinski definition) is 4. The van der Waals surface area contributed by atoms with E-state index in [4.69, 9.17) is 0 Å². The summed E-state index contributed by atoms with van der Waals surface area (Å²) >= 11 is 0. The topological polar surface area (TPSA) is 58.4 Å². The molecule has 0 radical (unpaired) electrons. The Kier molecular flexibility index (Phi) is 4.69. The molecule has 2 aliphatic rings. The zero-order valence-corrected chi connectivity index (χ0v) is 12.6. The van der Waals surface area contributed by atoms with E-state index in [0.29, 0.717) is 18.2 Å². The third-order valence-corrected chi connectivity index (χ3v) is 4.62. The third kappa shape index (κ3) is 4.01. The summed E-state index contributed by atoms with van der Waals surface area (Å²) in [6, 6.07) is 4.51. The highest BCUT2D eigenvalue weighted by Gasteiger charge is 2.24. The lowest BCUT2D eigenvalue weighted by Gasteiger charge is -2.32. The Balaban J connectivity index is 1.48. The molecule has 2 fully saturated rings. The van der Waals surface area contributed by atoms with Crippen LogP contribution < -0.4 is 5.32 Å². The summed E-state index contributed by atoms with van der Waals surface area (Å²) in [7, 11) is 0. The Labute approximate surface area is 129 Å². The normalized spacial score (nSPS) is 20.2. The standard InChI is InChI=1S/C16H22FN3O2/c17-16-9-15(20(21)22)4-3-13(16)11-19-7-5-14(6-8-19)18-10-12-1-2-12/h3-4,9,12,14,18H,1-2,5-8,10-11H2. The first-order chi connectivity index (χ1) is 10.6. The van der Waals surface area contributed by atoms with Gasteiger partial charge in [0, 0.05) is 24.2 Å². The average molecular weight is 307 g/mol. The number of nitro benzene ring substituents is 1. The van der Waals surface area contributed by atoms with Crippen molar-refractivity contribution in [1.29, 1.82) is 0 Å². The maximum Gasteiger partial charge on any atom is 0.272 e. The number of hydrogen-bond donors (Lipinski definition) is 1. The van der Waals surface area contributed by atoms with Crippen molar-refractivity contribution in [2.24, 2.45) is 5.92 Å². The van der Waals surface area contributed by atoms with Gasteiger partial charge in [0.2, 0.25) is 0 Å². The maximum absolute atomic E-state index is 13.9. The Morgan fingerprint density at radius 1 is 1.27 bits per heavy atom. The van der Waals surface area contributed by atoms with E-state index in [1.54, 1.807) is 0 Å². The van der Waals surface area contributed by atoms with Gasteiger partial charge in [0.1, 0.15) is 5.82 Å². The minimum atomic E-state index is -0.566. The van der Waals surface area contributed by atoms with E-state index in [9.17, 15) is 14.5 Å². The second-order valence-electron chi connectivity index (χ2n) is 6.43. The molecule has 1 aliphatic heterocycles. The van der Waals surface area contributed by atoms with Gasteiger partial charge in [-0.05, 0) is 57.3 Å². The molecule has 1 aromatic carbocycles. The van der Waals surface area contributed by atoms with Gasteiger partial charge in [-0.25, -0.2) is 4.39 Å². The summed E-state index contributed by atoms with van der Waals surface area (Å²) in [4.78, 5) is 12.3. The minimum absolute atomic E-state index is 0.191. The van der Waals surface area contributed by atoms with Crippen LogP contribution in [0.25, 0.3) is 0 Å². The molecule has 1 heterocycles. The fraction of sp³-hybridized carbons (Fsp3) is 0.625. The molecule has 0 unspecified atom stereocenters. The van der Waals surface area contributed by atoms with Crippen molar-refractivity contribution >= 4 is 5.69 Å². The Morgan fingerprint density at radius 3 is 2.59 bits per heavy atom. The van der Waals surface area contributed by atoms with E-state index in [1.807, 2.05) is 0 Å². The van der Waals surface area contributed by atoms with Crippen LogP contribution in [0.5, 0.6) is 0 Å². The number of nitrogens with one attached hydrogen (secondary N) is 1. The van der Waals surface area contributed by atoms with Crippen LogP contribution in [0, 0.1) is 21.8 Å². The number of nitro groups is 1. The van der Waals surface area contributed by atoms with Crippen LogP contribution in [-0.2, 0) is 6.54 Å². The molecule has 120 valence electrons. The van der Waals surface area contributed by atoms with Crippen LogP contribution in [0.1, 0.15) is 31.2 Å². The number of halogens is 1. The van der Waals surface area contributed by atoms with Gasteiger partial charge in [-0.15, -0.1) is 0 Å². The molecule has 0 spiro atoms. The predicted octanol–water partition coefficient (Wildman–Crippen LogP) is 2.70. The first-order valence-electron chi connectivity index (χ1n) is 8.00. The number of nitrogens with zero attached hydrogens (tertiary/aromatic N) is 2. The van der Waals surface area contributed by atoms with E-state index >= 15 is 0 Å². The van der Waals surface area contributed by atoms with Crippen molar-refractivity contribution < 1.29 is 9.31 Å². The van der Waals surface area contributed by atoms with Crippen molar-refractivity contribution in [2.75, 3.05) is 19.6 Å². The van der Waals surface area contributed by atoms with Gasteiger partial charge in [0.05, 0.1) is 11.0 Å². The van der Waals surface area contributed by atoms with Crippen molar-refractivity contribution in [3.05, 3.63) is 39.7 Å². The fourth-order valence-corrected chi connectivity index (χ4v) is 2.97. The molecule has 1 saturated heterocycles. The average Bonchev–Trinajstić information content (AvgIpc) is 3.32. The van der Waals surface area contributed by atoms with Crippen LogP contribution in [0.2, 0.25) is 0 Å². The van der Waals surface area contributed by atoms with Crippen LogP contribution >= 0.6 is 0 Å². The van der Waals surface area contributed by atoms with E-state index in [-0.39, 0.29) is 5.69 Å². The molecular weight excluding hydrogens is 285 g/mol. The van der Waals surface area contributed by atoms with Crippen molar-refractivity contribution in [3.63, 3.8) is 0 Å². The van der Waals surface area contributed by atoms with Gasteiger partial charge < -0.3 is 5.32 Å². The van der Waals surface area contributed by atoms with E-state index in [1.165, 1.54) is 25.0 Å². The molecule has 3 rings (SSSR count). The maximum atomic E-state index is 13.9. The summed E-state index contributed by atoms with van der Waals surface area (Å²) in [5, 5.41) is 14.2. The minimum Gasteiger partial charge on any atom is -0.314 e. The zero-order valence-electron chi connectivity index (χ0n) is 12.6. The second-order valence-corrected chi connectivity index (χ2v) is 6.43. The molecule has 1 N–H and O–H groups in total. The molecule has 0 amide bonds. The summed E-state index contributed by atoms with van der Waals surface area (Å²) in [6.07, 6.45) is 4.90. The van der Waals surface area contributed by atoms with E-state index in [0.717, 1.165) is 44.5 Å². The lowest BCUT2D eigenvalue weighted by atomic mass is 10.0. The van der Waals surface area contributed by atoms with Gasteiger partial charge in [-0.3, -0.25) is 15.0 Å². The summed E-state index contributed by atoms with van der Waals surface area (Å²) in [6.45, 7) is 3.55. The molecule has 1 saturated carbocycles. The van der Waals surface area contributed by atoms with Gasteiger partial charge in [-0.1, -0.05) is 0 Å². The molecule has 6 heteroatoms. The lowest BCUT2D eigenvalue weighted by molar-refractivity contribution is -0.385. The first kappa shape index (κ1) is 15.4. The predicted molar refractivity (Wildman–Crippen MR) is 82.1 cm³/mol. The molecule has 0 aromatic heterocycles. The number of rotatable bonds is 6. The number of likely N-dealkylation sites (tertiary alicyclic amines) is 1. The third-order valence-electron chi connectivity index (χ3n) is 4.62. The first-order valence-corrected chi connectivity index (χ1v) is 8.00. The second kappa shape index (κ2) is 6.71. The zero-order chi connectivity index (χ0) is 15.5. The van der Waals surface area contributed by atoms with Crippen LogP contribution in [0.3, 0.4) is 0 Å². The van der Waals surface area contributed by atoms with Crippen LogP contribution in [0.4, 0.5) is 10.1 Å². The Morgan fingerprint density at radius 2 is 2.00 bits per heavy atom. The molecule has 0 atom stereocenters. The Hall–Kier alpha value is -1.53. The van der Waals surface area contributed by atoms with Crippen molar-refractivity contribution in [3.8, 4) is 0 Å². The number of benzene rings is 1. The smallest absolute Gasteiger partial charge is 0.272 e.